The molecule has 9 heteroatoms. The van der Waals surface area contributed by atoms with E-state index in [1.807, 2.05) is 0 Å². The van der Waals surface area contributed by atoms with Gasteiger partial charge in [0.05, 0.1) is 0 Å². The van der Waals surface area contributed by atoms with Crippen molar-refractivity contribution in [2.75, 3.05) is 0 Å². The Kier molecular flexibility index (Phi) is 12.1. The maximum atomic E-state index is 6.26. The molecule has 0 atom stereocenters. The molecule has 24 aromatic carbocycles. The van der Waals surface area contributed by atoms with Crippen LogP contribution in [-0.2, 0) is 0 Å². The van der Waals surface area contributed by atoms with Gasteiger partial charge in [-0.15, -0.1) is 0 Å². The maximum absolute atomic E-state index is 6.26. The summed E-state index contributed by atoms with van der Waals surface area (Å²) in [6.07, 6.45) is 0. The monoisotopic (exact) mass is 1720 g/mol. The third kappa shape index (κ3) is 8.31. The third-order valence-electron chi connectivity index (χ3n) is 27.6. The van der Waals surface area contributed by atoms with Crippen LogP contribution in [0, 0.1) is 0 Å². The summed E-state index contributed by atoms with van der Waals surface area (Å²) in [5, 5.41) is 51.6. The van der Waals surface area contributed by atoms with Gasteiger partial charge in [-0.25, -0.2) is 0 Å². The molecule has 2 radical (unpaired) electrons. The van der Waals surface area contributed by atoms with E-state index in [2.05, 4.69) is 344 Å². The van der Waals surface area contributed by atoms with E-state index in [1.54, 1.807) is 0 Å². The third-order valence-corrected chi connectivity index (χ3v) is 32.5. The molecule has 0 saturated heterocycles. The molecule has 2 aromatic heterocycles. The molecule has 0 saturated carbocycles. The fraction of sp³-hybridized carbons (Fsp3) is 0. The summed E-state index contributed by atoms with van der Waals surface area (Å²) in [7, 11) is 0. The van der Waals surface area contributed by atoms with Gasteiger partial charge in [-0.1, -0.05) is 24.3 Å². The number of hydrogen-bond donors (Lipinski definition) is 0. The number of hydrogen-bond acceptors (Lipinski definition) is 6. The first-order chi connectivity index (χ1) is 60.0. The van der Waals surface area contributed by atoms with Crippen LogP contribution in [0.3, 0.4) is 0 Å². The van der Waals surface area contributed by atoms with Crippen molar-refractivity contribution in [2.45, 2.75) is 0 Å². The van der Waals surface area contributed by atoms with Crippen LogP contribution in [0.2, 0.25) is 0 Å². The zero-order valence-corrected chi connectivity index (χ0v) is 68.3. The topological polar surface area (TPSA) is 84.0 Å². The summed E-state index contributed by atoms with van der Waals surface area (Å²) in [6, 6.07) is 128. The number of fused-ring (bicyclic) bond motifs is 54. The molecule has 0 spiro atoms. The molecule has 548 valence electrons. The molecule has 6 bridgehead atoms. The minimum atomic E-state index is -2.89. The van der Waals surface area contributed by atoms with Crippen molar-refractivity contribution in [1.82, 2.24) is 4.75 Å². The molecular weight excluding hydrogens is 1660 g/mol. The number of rotatable bonds is 0. The van der Waals surface area contributed by atoms with Crippen molar-refractivity contribution in [2.24, 2.45) is 30.0 Å². The quantitative estimate of drug-likeness (QED) is 0.107. The van der Waals surface area contributed by atoms with Gasteiger partial charge in [0.15, 0.2) is 0 Å². The van der Waals surface area contributed by atoms with Gasteiger partial charge in [0.1, 0.15) is 0 Å². The van der Waals surface area contributed by atoms with Crippen molar-refractivity contribution >= 4 is 297 Å². The molecule has 121 heavy (non-hydrogen) atoms. The van der Waals surface area contributed by atoms with Crippen molar-refractivity contribution in [3.8, 4) is 0 Å². The van der Waals surface area contributed by atoms with E-state index in [9.17, 15) is 0 Å². The average molecular weight is 1720 g/mol. The summed E-state index contributed by atoms with van der Waals surface area (Å²) in [5.41, 5.74) is 5.29. The molecule has 0 amide bonds. The Morgan fingerprint density at radius 3 is 0.579 bits per heavy atom. The fourth-order valence-corrected chi connectivity index (χ4v) is 27.3. The first kappa shape index (κ1) is 63.9. The summed E-state index contributed by atoms with van der Waals surface area (Å²) >= 11 is -2.89. The number of aromatic nitrogens is 2. The Labute approximate surface area is 698 Å². The normalized spacial score (nSPS) is 13.9. The van der Waals surface area contributed by atoms with Gasteiger partial charge >= 0.3 is 680 Å². The van der Waals surface area contributed by atoms with Crippen LogP contribution in [0.15, 0.2) is 370 Å². The Balaban J connectivity index is 0.809. The van der Waals surface area contributed by atoms with E-state index < -0.39 is 24.8 Å². The van der Waals surface area contributed by atoms with Crippen molar-refractivity contribution in [3.63, 3.8) is 0 Å². The van der Waals surface area contributed by atoms with Crippen molar-refractivity contribution in [1.29, 1.82) is 0 Å². The second kappa shape index (κ2) is 22.9. The standard InChI is InChI=1S/C112H56N8.Pb/c1-9-25-65-57(17-1)33-41-73-81-49-89-90(50-82(81)74-42-34-58-18-2-10-26-66(58)98(74)97(65)73)106-113-105(89)117-107-91-51-83-75-43-35-59-19-3-11-27-67(59)99(75)100-68-28-12-4-20-60(68)36-44-76(100)84(83)52-92(91)109(114-107)119-111-95-55-87-79-47-39-63-23-7-15-31-71(63)103(79)104-72-32-16-8-24-64(72)40-48-80(104)88(87)56-96(95)112(116-111)120-110-94-54-86-78-46-38-62-22-6-14-30-70(62)102(78)101-69-29-13-5-21-61(69)37-45-77(101)85(86)53-93(94)108(115-110)118-106;/h1-56H;/q-2;+2. The summed E-state index contributed by atoms with van der Waals surface area (Å²) in [4.78, 5) is 37.0. The van der Waals surface area contributed by atoms with Crippen molar-refractivity contribution < 1.29 is 0 Å². The summed E-state index contributed by atoms with van der Waals surface area (Å²) in [5.74, 6) is 4.02. The average Bonchev–Trinajstić information content (AvgIpc) is 1.64. The number of benzene rings is 24. The first-order valence-electron chi connectivity index (χ1n) is 41.5. The van der Waals surface area contributed by atoms with Crippen LogP contribution in [0.25, 0.3) is 237 Å². The molecule has 6 heterocycles. The van der Waals surface area contributed by atoms with Gasteiger partial charge in [0.2, 0.25) is 0 Å². The molecule has 0 aliphatic carbocycles. The Morgan fingerprint density at radius 1 is 0.149 bits per heavy atom. The van der Waals surface area contributed by atoms with E-state index in [4.69, 9.17) is 30.0 Å². The zero-order chi connectivity index (χ0) is 78.0. The first-order valence-corrected chi connectivity index (χ1v) is 45.0. The Morgan fingerprint density at radius 2 is 0.347 bits per heavy atom. The number of nitrogens with zero attached hydrogens (tertiary/aromatic N) is 8. The Hall–Kier alpha value is -15.2. The molecule has 0 fully saturated rings. The fourth-order valence-electron chi connectivity index (χ4n) is 22.4. The zero-order valence-electron chi connectivity index (χ0n) is 64.4. The predicted molar refractivity (Wildman–Crippen MR) is 511 cm³/mol. The molecule has 0 N–H and O–H groups in total. The van der Waals surface area contributed by atoms with Crippen LogP contribution >= 0.6 is 0 Å². The van der Waals surface area contributed by atoms with E-state index >= 15 is 0 Å². The van der Waals surface area contributed by atoms with Crippen molar-refractivity contribution in [3.05, 3.63) is 373 Å². The molecule has 26 aromatic rings. The minimum absolute atomic E-state index is 0.605. The van der Waals surface area contributed by atoms with E-state index in [1.165, 1.54) is 172 Å². The summed E-state index contributed by atoms with van der Waals surface area (Å²) < 4.78 is 5.11. The van der Waals surface area contributed by atoms with Crippen LogP contribution in [0.5, 0.6) is 0 Å². The molecule has 8 nitrogen and oxygen atoms in total. The molecule has 4 aliphatic rings. The SMILES string of the molecule is c1ccc2c(c1)ccc1c3cc4c(cc3c3ccc5ccccc5c3c21)C1=Nc2c3cc5c(cc3c3[n]2[Pb][n]2c(c6cc7c(cc6c2=NC2=NC(=N3)c3cc6c(cc32)c2ccc3ccccc3c2c2c3ccccc3ccc62)c2ccc3ccccc3c2c2c3ccccc3ccc72)=NC4=N1)c1ccc2ccccc2c1c1c2ccccc2ccc51. The van der Waals surface area contributed by atoms with Gasteiger partial charge in [-0.05, 0) is 0 Å². The van der Waals surface area contributed by atoms with Crippen LogP contribution in [0.4, 0.5) is 11.6 Å². The van der Waals surface area contributed by atoms with Gasteiger partial charge in [0, 0.05) is 0 Å². The van der Waals surface area contributed by atoms with E-state index in [0.717, 1.165) is 109 Å². The van der Waals surface area contributed by atoms with Crippen LogP contribution in [0.1, 0.15) is 22.3 Å². The number of amidine groups is 4. The second-order valence-corrected chi connectivity index (χ2v) is 37.7. The molecule has 0 unspecified atom stereocenters. The molecule has 30 rings (SSSR count). The van der Waals surface area contributed by atoms with E-state index in [-0.39, 0.29) is 0 Å². The second-order valence-electron chi connectivity index (χ2n) is 33.5. The predicted octanol–water partition coefficient (Wildman–Crippen LogP) is 27.5. The van der Waals surface area contributed by atoms with Gasteiger partial charge in [0.25, 0.3) is 0 Å². The summed E-state index contributed by atoms with van der Waals surface area (Å²) in [6.45, 7) is 0. The molecular formula is C112H56N8Pb. The van der Waals surface area contributed by atoms with Crippen LogP contribution in [-0.4, -0.2) is 52.9 Å². The van der Waals surface area contributed by atoms with Gasteiger partial charge in [-0.2, -0.15) is 0 Å². The Bertz CT molecular complexity index is 9410. The number of aliphatic imine (C=N–C) groups is 4. The van der Waals surface area contributed by atoms with Gasteiger partial charge in [-0.3, -0.25) is 0 Å². The van der Waals surface area contributed by atoms with Gasteiger partial charge < -0.3 is 0 Å². The van der Waals surface area contributed by atoms with E-state index in [0.29, 0.717) is 23.3 Å². The van der Waals surface area contributed by atoms with Crippen LogP contribution < -0.4 is 11.0 Å². The molecule has 4 aliphatic heterocycles.